The van der Waals surface area contributed by atoms with Gasteiger partial charge in [-0.15, -0.1) is 11.3 Å². The monoisotopic (exact) mass is 398 g/mol. The molecule has 1 aliphatic carbocycles. The van der Waals surface area contributed by atoms with Crippen molar-refractivity contribution in [1.29, 1.82) is 0 Å². The molecule has 3 heterocycles. The maximum Gasteiger partial charge on any atom is 0.0897 e. The third-order valence-electron chi connectivity index (χ3n) is 6.34. The van der Waals surface area contributed by atoms with Gasteiger partial charge in [-0.3, -0.25) is 9.88 Å². The number of aromatic nitrogens is 2. The van der Waals surface area contributed by atoms with E-state index in [0.717, 1.165) is 30.1 Å². The minimum Gasteiger partial charge on any atom is -0.300 e. The molecule has 2 aromatic rings. The molecule has 2 aromatic heterocycles. The number of thiazole rings is 1. The summed E-state index contributed by atoms with van der Waals surface area (Å²) in [6.45, 7) is 7.86. The van der Waals surface area contributed by atoms with Gasteiger partial charge in [-0.25, -0.2) is 4.98 Å². The Balaban J connectivity index is 1.40. The van der Waals surface area contributed by atoms with Gasteiger partial charge >= 0.3 is 0 Å². The average Bonchev–Trinajstić information content (AvgIpc) is 3.14. The van der Waals surface area contributed by atoms with Crippen LogP contribution in [0, 0.1) is 12.8 Å². The Morgan fingerprint density at radius 3 is 2.75 bits per heavy atom. The molecular weight excluding hydrogens is 364 g/mol. The third kappa shape index (κ3) is 5.62. The van der Waals surface area contributed by atoms with Gasteiger partial charge in [-0.1, -0.05) is 25.3 Å². The molecule has 0 bridgehead atoms. The summed E-state index contributed by atoms with van der Waals surface area (Å²) < 4.78 is 0. The summed E-state index contributed by atoms with van der Waals surface area (Å²) in [5.74, 6) is 0.779. The Hall–Kier alpha value is -1.30. The van der Waals surface area contributed by atoms with Crippen LogP contribution >= 0.6 is 11.3 Å². The molecule has 0 radical (unpaired) electrons. The number of pyridine rings is 1. The summed E-state index contributed by atoms with van der Waals surface area (Å²) in [6, 6.07) is 5.11. The first-order chi connectivity index (χ1) is 13.8. The zero-order valence-corrected chi connectivity index (χ0v) is 18.0. The highest BCUT2D eigenvalue weighted by molar-refractivity contribution is 7.11. The van der Waals surface area contributed by atoms with E-state index in [0.29, 0.717) is 0 Å². The molecule has 0 amide bonds. The highest BCUT2D eigenvalue weighted by atomic mass is 32.1. The predicted molar refractivity (Wildman–Crippen MR) is 116 cm³/mol. The minimum atomic E-state index is 0.779. The smallest absolute Gasteiger partial charge is 0.0897 e. The van der Waals surface area contributed by atoms with Gasteiger partial charge in [0.2, 0.25) is 0 Å². The molecule has 1 aliphatic heterocycles. The van der Waals surface area contributed by atoms with Crippen molar-refractivity contribution in [2.75, 3.05) is 19.6 Å². The van der Waals surface area contributed by atoms with E-state index in [-0.39, 0.29) is 0 Å². The van der Waals surface area contributed by atoms with Crippen LogP contribution in [0.4, 0.5) is 0 Å². The zero-order chi connectivity index (χ0) is 19.2. The molecule has 28 heavy (non-hydrogen) atoms. The Bertz CT molecular complexity index is 710. The molecule has 0 N–H and O–H groups in total. The first-order valence-corrected chi connectivity index (χ1v) is 11.8. The standard InChI is InChI=1S/C23H34N4S/c1-19-25-14-23(28-19)18-26(15-20-7-5-11-24-13-20)16-21-8-6-12-27(17-21)22-9-3-2-4-10-22/h5,7,11,13-14,21-22H,2-4,6,8-10,12,15-18H2,1H3. The van der Waals surface area contributed by atoms with Crippen molar-refractivity contribution in [2.45, 2.75) is 71.0 Å². The van der Waals surface area contributed by atoms with E-state index in [2.05, 4.69) is 45.0 Å². The van der Waals surface area contributed by atoms with Crippen molar-refractivity contribution >= 4 is 11.3 Å². The van der Waals surface area contributed by atoms with Gasteiger partial charge < -0.3 is 4.90 Å². The largest absolute Gasteiger partial charge is 0.300 e. The summed E-state index contributed by atoms with van der Waals surface area (Å²) in [7, 11) is 0. The van der Waals surface area contributed by atoms with E-state index in [4.69, 9.17) is 0 Å². The maximum atomic E-state index is 4.47. The second-order valence-electron chi connectivity index (χ2n) is 8.67. The lowest BCUT2D eigenvalue weighted by molar-refractivity contribution is 0.0773. The quantitative estimate of drug-likeness (QED) is 0.664. The molecule has 4 rings (SSSR count). The van der Waals surface area contributed by atoms with Gasteiger partial charge in [-0.2, -0.15) is 0 Å². The Morgan fingerprint density at radius 2 is 2.00 bits per heavy atom. The molecule has 2 fully saturated rings. The average molecular weight is 399 g/mol. The zero-order valence-electron chi connectivity index (χ0n) is 17.2. The van der Waals surface area contributed by atoms with Crippen molar-refractivity contribution < 1.29 is 0 Å². The number of nitrogens with zero attached hydrogens (tertiary/aromatic N) is 4. The molecule has 0 spiro atoms. The normalized spacial score (nSPS) is 22.0. The molecule has 1 saturated carbocycles. The van der Waals surface area contributed by atoms with Crippen LogP contribution in [0.5, 0.6) is 0 Å². The lowest BCUT2D eigenvalue weighted by atomic mass is 9.90. The number of hydrogen-bond acceptors (Lipinski definition) is 5. The fraction of sp³-hybridized carbons (Fsp3) is 0.652. The number of likely N-dealkylation sites (tertiary alicyclic amines) is 1. The van der Waals surface area contributed by atoms with E-state index in [1.165, 1.54) is 75.0 Å². The highest BCUT2D eigenvalue weighted by Crippen LogP contribution is 2.28. The second-order valence-corrected chi connectivity index (χ2v) is 9.99. The van der Waals surface area contributed by atoms with E-state index >= 15 is 0 Å². The molecule has 2 aliphatic rings. The molecule has 1 atom stereocenters. The van der Waals surface area contributed by atoms with Crippen LogP contribution in [0.3, 0.4) is 0 Å². The summed E-state index contributed by atoms with van der Waals surface area (Å²) in [5, 5.41) is 1.16. The summed E-state index contributed by atoms with van der Waals surface area (Å²) in [6.07, 6.45) is 15.8. The first-order valence-electron chi connectivity index (χ1n) is 11.0. The number of piperidine rings is 1. The lowest BCUT2D eigenvalue weighted by Crippen LogP contribution is -2.46. The lowest BCUT2D eigenvalue weighted by Gasteiger charge is -2.41. The SMILES string of the molecule is Cc1ncc(CN(Cc2cccnc2)CC2CCCN(C3CCCCC3)C2)s1. The van der Waals surface area contributed by atoms with Crippen LogP contribution in [-0.4, -0.2) is 45.4 Å². The first kappa shape index (κ1) is 20.0. The number of hydrogen-bond donors (Lipinski definition) is 0. The van der Waals surface area contributed by atoms with E-state index in [9.17, 15) is 0 Å². The third-order valence-corrected chi connectivity index (χ3v) is 7.23. The Morgan fingerprint density at radius 1 is 1.11 bits per heavy atom. The van der Waals surface area contributed by atoms with Gasteiger partial charge in [0.1, 0.15) is 0 Å². The van der Waals surface area contributed by atoms with Crippen molar-refractivity contribution in [1.82, 2.24) is 19.8 Å². The van der Waals surface area contributed by atoms with Crippen LogP contribution < -0.4 is 0 Å². The van der Waals surface area contributed by atoms with Crippen LogP contribution in [0.1, 0.15) is 60.4 Å². The maximum absolute atomic E-state index is 4.47. The summed E-state index contributed by atoms with van der Waals surface area (Å²) in [4.78, 5) is 15.6. The molecule has 5 heteroatoms. The second kappa shape index (κ2) is 9.95. The van der Waals surface area contributed by atoms with Crippen molar-refractivity contribution in [3.05, 3.63) is 46.2 Å². The number of rotatable bonds is 7. The molecule has 1 saturated heterocycles. The Labute approximate surface area is 174 Å². The molecule has 152 valence electrons. The molecular formula is C23H34N4S. The van der Waals surface area contributed by atoms with Gasteiger partial charge in [0.15, 0.2) is 0 Å². The minimum absolute atomic E-state index is 0.779. The molecule has 0 aromatic carbocycles. The van der Waals surface area contributed by atoms with Crippen molar-refractivity contribution in [3.63, 3.8) is 0 Å². The Kier molecular flexibility index (Phi) is 7.10. The van der Waals surface area contributed by atoms with Gasteiger partial charge in [0, 0.05) is 55.7 Å². The summed E-state index contributed by atoms with van der Waals surface area (Å²) >= 11 is 1.83. The van der Waals surface area contributed by atoms with Gasteiger partial charge in [-0.05, 0) is 56.7 Å². The van der Waals surface area contributed by atoms with E-state index in [1.807, 2.05) is 23.7 Å². The predicted octanol–water partition coefficient (Wildman–Crippen LogP) is 4.89. The number of aryl methyl sites for hydroxylation is 1. The van der Waals surface area contributed by atoms with Crippen LogP contribution in [0.25, 0.3) is 0 Å². The van der Waals surface area contributed by atoms with E-state index < -0.39 is 0 Å². The fourth-order valence-corrected chi connectivity index (χ4v) is 5.86. The van der Waals surface area contributed by atoms with E-state index in [1.54, 1.807) is 0 Å². The topological polar surface area (TPSA) is 32.3 Å². The highest BCUT2D eigenvalue weighted by Gasteiger charge is 2.28. The van der Waals surface area contributed by atoms with Crippen LogP contribution in [0.15, 0.2) is 30.7 Å². The fourth-order valence-electron chi connectivity index (χ4n) is 5.02. The summed E-state index contributed by atoms with van der Waals surface area (Å²) in [5.41, 5.74) is 1.31. The van der Waals surface area contributed by atoms with Crippen LogP contribution in [-0.2, 0) is 13.1 Å². The van der Waals surface area contributed by atoms with Crippen molar-refractivity contribution in [2.24, 2.45) is 5.92 Å². The molecule has 1 unspecified atom stereocenters. The molecule has 4 nitrogen and oxygen atoms in total. The van der Waals surface area contributed by atoms with Gasteiger partial charge in [0.25, 0.3) is 0 Å². The van der Waals surface area contributed by atoms with Gasteiger partial charge in [0.05, 0.1) is 5.01 Å². The van der Waals surface area contributed by atoms with Crippen molar-refractivity contribution in [3.8, 4) is 0 Å². The van der Waals surface area contributed by atoms with Crippen LogP contribution in [0.2, 0.25) is 0 Å².